The fourth-order valence-electron chi connectivity index (χ4n) is 3.35. The number of hydrogen-bond donors (Lipinski definition) is 2. The van der Waals surface area contributed by atoms with Crippen molar-refractivity contribution in [3.8, 4) is 0 Å². The fourth-order valence-corrected chi connectivity index (χ4v) is 4.83. The van der Waals surface area contributed by atoms with Crippen molar-refractivity contribution in [3.63, 3.8) is 0 Å². The highest BCUT2D eigenvalue weighted by Crippen LogP contribution is 2.39. The minimum absolute atomic E-state index is 0.00838. The number of amides is 1. The van der Waals surface area contributed by atoms with Gasteiger partial charge >= 0.3 is 5.97 Å². The molecule has 4 atom stereocenters. The van der Waals surface area contributed by atoms with Gasteiger partial charge in [0.2, 0.25) is 5.91 Å². The van der Waals surface area contributed by atoms with E-state index < -0.39 is 12.0 Å². The summed E-state index contributed by atoms with van der Waals surface area (Å²) < 4.78 is 0. The molecule has 0 aromatic heterocycles. The first-order valence-electron chi connectivity index (χ1n) is 7.34. The standard InChI is InChI=1S/C14H24N2O3S/c1-8(2)13-16(11(7-20-13)14(18)19)12(17)10-5-3-4-9(10)6-15/h8-11,13H,3-7,15H2,1-2H3,(H,18,19). The van der Waals surface area contributed by atoms with Gasteiger partial charge in [0.05, 0.1) is 5.37 Å². The van der Waals surface area contributed by atoms with Crippen LogP contribution in [0, 0.1) is 17.8 Å². The Morgan fingerprint density at radius 3 is 2.65 bits per heavy atom. The van der Waals surface area contributed by atoms with Gasteiger partial charge in [-0.25, -0.2) is 4.79 Å². The largest absolute Gasteiger partial charge is 0.480 e. The number of rotatable bonds is 4. The third-order valence-corrected chi connectivity index (χ3v) is 6.04. The molecule has 5 nitrogen and oxygen atoms in total. The van der Waals surface area contributed by atoms with Crippen LogP contribution in [-0.4, -0.2) is 45.6 Å². The average Bonchev–Trinajstić information content (AvgIpc) is 3.03. The summed E-state index contributed by atoms with van der Waals surface area (Å²) >= 11 is 1.58. The summed E-state index contributed by atoms with van der Waals surface area (Å²) in [4.78, 5) is 25.9. The minimum atomic E-state index is -0.892. The normalized spacial score (nSPS) is 33.9. The molecule has 1 saturated carbocycles. The Hall–Kier alpha value is -0.750. The van der Waals surface area contributed by atoms with E-state index in [9.17, 15) is 14.7 Å². The molecule has 1 saturated heterocycles. The second kappa shape index (κ2) is 6.35. The van der Waals surface area contributed by atoms with Gasteiger partial charge in [0.15, 0.2) is 0 Å². The molecule has 20 heavy (non-hydrogen) atoms. The van der Waals surface area contributed by atoms with Gasteiger partial charge in [-0.15, -0.1) is 11.8 Å². The Morgan fingerprint density at radius 2 is 2.10 bits per heavy atom. The molecule has 114 valence electrons. The molecule has 4 unspecified atom stereocenters. The molecule has 0 aromatic carbocycles. The summed E-state index contributed by atoms with van der Waals surface area (Å²) in [5.41, 5.74) is 5.76. The van der Waals surface area contributed by atoms with Crippen molar-refractivity contribution in [2.75, 3.05) is 12.3 Å². The second-order valence-electron chi connectivity index (χ2n) is 6.10. The van der Waals surface area contributed by atoms with Gasteiger partial charge < -0.3 is 15.7 Å². The van der Waals surface area contributed by atoms with Gasteiger partial charge in [-0.2, -0.15) is 0 Å². The Bertz CT molecular complexity index is 389. The van der Waals surface area contributed by atoms with Crippen LogP contribution >= 0.6 is 11.8 Å². The molecular formula is C14H24N2O3S. The van der Waals surface area contributed by atoms with Gasteiger partial charge in [-0.1, -0.05) is 20.3 Å². The van der Waals surface area contributed by atoms with Crippen molar-refractivity contribution < 1.29 is 14.7 Å². The Balaban J connectivity index is 2.20. The lowest BCUT2D eigenvalue weighted by molar-refractivity contribution is -0.152. The SMILES string of the molecule is CC(C)C1SCC(C(=O)O)N1C(=O)C1CCCC1CN. The van der Waals surface area contributed by atoms with Crippen LogP contribution < -0.4 is 5.73 Å². The van der Waals surface area contributed by atoms with Crippen LogP contribution in [0.15, 0.2) is 0 Å². The van der Waals surface area contributed by atoms with Crippen LogP contribution in [0.1, 0.15) is 33.1 Å². The number of nitrogens with two attached hydrogens (primary N) is 1. The number of carbonyl (C=O) groups excluding carboxylic acids is 1. The minimum Gasteiger partial charge on any atom is -0.480 e. The molecule has 2 aliphatic rings. The van der Waals surface area contributed by atoms with E-state index in [-0.39, 0.29) is 29.0 Å². The summed E-state index contributed by atoms with van der Waals surface area (Å²) in [5.74, 6) is -0.00209. The third-order valence-electron chi connectivity index (χ3n) is 4.42. The molecule has 0 bridgehead atoms. The maximum atomic E-state index is 12.8. The topological polar surface area (TPSA) is 83.6 Å². The van der Waals surface area contributed by atoms with Crippen molar-refractivity contribution in [2.24, 2.45) is 23.5 Å². The quantitative estimate of drug-likeness (QED) is 0.819. The maximum Gasteiger partial charge on any atom is 0.327 e. The van der Waals surface area contributed by atoms with Gasteiger partial charge in [-0.05, 0) is 31.2 Å². The van der Waals surface area contributed by atoms with Crippen LogP contribution in [0.5, 0.6) is 0 Å². The van der Waals surface area contributed by atoms with Crippen LogP contribution in [0.25, 0.3) is 0 Å². The van der Waals surface area contributed by atoms with E-state index in [4.69, 9.17) is 5.73 Å². The number of nitrogens with zero attached hydrogens (tertiary/aromatic N) is 1. The Morgan fingerprint density at radius 1 is 1.40 bits per heavy atom. The highest BCUT2D eigenvalue weighted by Gasteiger charge is 2.46. The van der Waals surface area contributed by atoms with Gasteiger partial charge in [0.1, 0.15) is 6.04 Å². The van der Waals surface area contributed by atoms with Crippen LogP contribution in [-0.2, 0) is 9.59 Å². The third kappa shape index (κ3) is 2.81. The molecule has 6 heteroatoms. The van der Waals surface area contributed by atoms with Gasteiger partial charge in [-0.3, -0.25) is 4.79 Å². The zero-order chi connectivity index (χ0) is 14.9. The number of hydrogen-bond acceptors (Lipinski definition) is 4. The zero-order valence-corrected chi connectivity index (χ0v) is 12.9. The van der Waals surface area contributed by atoms with Gasteiger partial charge in [0, 0.05) is 11.7 Å². The lowest BCUT2D eigenvalue weighted by atomic mass is 9.93. The second-order valence-corrected chi connectivity index (χ2v) is 7.25. The highest BCUT2D eigenvalue weighted by atomic mass is 32.2. The summed E-state index contributed by atoms with van der Waals surface area (Å²) in [7, 11) is 0. The summed E-state index contributed by atoms with van der Waals surface area (Å²) in [5, 5.41) is 9.34. The van der Waals surface area contributed by atoms with E-state index in [1.807, 2.05) is 13.8 Å². The smallest absolute Gasteiger partial charge is 0.327 e. The van der Waals surface area contributed by atoms with Crippen molar-refractivity contribution in [1.29, 1.82) is 0 Å². The monoisotopic (exact) mass is 300 g/mol. The summed E-state index contributed by atoms with van der Waals surface area (Å²) in [6.07, 6.45) is 2.85. The first-order chi connectivity index (χ1) is 9.47. The van der Waals surface area contributed by atoms with Crippen LogP contribution in [0.4, 0.5) is 0 Å². The van der Waals surface area contributed by atoms with Crippen molar-refractivity contribution in [3.05, 3.63) is 0 Å². The highest BCUT2D eigenvalue weighted by molar-refractivity contribution is 8.00. The number of carbonyl (C=O) groups is 2. The number of carboxylic acid groups (broad SMARTS) is 1. The van der Waals surface area contributed by atoms with E-state index in [0.29, 0.717) is 12.3 Å². The Labute approximate surface area is 124 Å². The van der Waals surface area contributed by atoms with E-state index in [0.717, 1.165) is 19.3 Å². The zero-order valence-electron chi connectivity index (χ0n) is 12.1. The molecule has 2 fully saturated rings. The van der Waals surface area contributed by atoms with Crippen molar-refractivity contribution in [2.45, 2.75) is 44.5 Å². The lowest BCUT2D eigenvalue weighted by Crippen LogP contribution is -2.50. The van der Waals surface area contributed by atoms with Gasteiger partial charge in [0.25, 0.3) is 0 Å². The predicted molar refractivity (Wildman–Crippen MR) is 79.2 cm³/mol. The molecular weight excluding hydrogens is 276 g/mol. The molecule has 1 aliphatic heterocycles. The molecule has 0 radical (unpaired) electrons. The molecule has 2 rings (SSSR count). The fraction of sp³-hybridized carbons (Fsp3) is 0.857. The van der Waals surface area contributed by atoms with E-state index in [2.05, 4.69) is 0 Å². The summed E-state index contributed by atoms with van der Waals surface area (Å²) in [6, 6.07) is -0.682. The first kappa shape index (κ1) is 15.6. The van der Waals surface area contributed by atoms with E-state index >= 15 is 0 Å². The lowest BCUT2D eigenvalue weighted by Gasteiger charge is -2.33. The van der Waals surface area contributed by atoms with Crippen LogP contribution in [0.2, 0.25) is 0 Å². The van der Waals surface area contributed by atoms with Crippen LogP contribution in [0.3, 0.4) is 0 Å². The van der Waals surface area contributed by atoms with Crippen molar-refractivity contribution in [1.82, 2.24) is 4.90 Å². The maximum absolute atomic E-state index is 12.8. The molecule has 0 aromatic rings. The first-order valence-corrected chi connectivity index (χ1v) is 8.38. The number of carboxylic acids is 1. The Kier molecular flexibility index (Phi) is 4.96. The molecule has 0 spiro atoms. The average molecular weight is 300 g/mol. The molecule has 1 amide bonds. The molecule has 1 aliphatic carbocycles. The number of aliphatic carboxylic acids is 1. The molecule has 3 N–H and O–H groups in total. The summed E-state index contributed by atoms with van der Waals surface area (Å²) in [6.45, 7) is 4.59. The van der Waals surface area contributed by atoms with Crippen molar-refractivity contribution >= 4 is 23.6 Å². The predicted octanol–water partition coefficient (Wildman–Crippen LogP) is 1.37. The van der Waals surface area contributed by atoms with E-state index in [1.165, 1.54) is 0 Å². The van der Waals surface area contributed by atoms with E-state index in [1.54, 1.807) is 16.7 Å². The number of thioether (sulfide) groups is 1. The molecule has 1 heterocycles.